The van der Waals surface area contributed by atoms with Gasteiger partial charge in [-0.25, -0.2) is 22.5 Å². The number of alkyl halides is 2. The van der Waals surface area contributed by atoms with Crippen molar-refractivity contribution in [3.63, 3.8) is 0 Å². The molecule has 0 saturated carbocycles. The van der Waals surface area contributed by atoms with Gasteiger partial charge in [0.15, 0.2) is 11.6 Å². The zero-order valence-electron chi connectivity index (χ0n) is 15.3. The quantitative estimate of drug-likeness (QED) is 0.531. The number of rotatable bonds is 7. The molecule has 2 amide bonds. The lowest BCUT2D eigenvalue weighted by Gasteiger charge is -2.39. The minimum absolute atomic E-state index is 0.0471. The van der Waals surface area contributed by atoms with Gasteiger partial charge in [0.2, 0.25) is 5.91 Å². The Morgan fingerprint density at radius 2 is 1.83 bits per heavy atom. The fraction of sp³-hybridized carbons (Fsp3) is 0.444. The number of hydrogen-bond acceptors (Lipinski definition) is 5. The molecule has 3 rings (SSSR count). The van der Waals surface area contributed by atoms with E-state index in [0.29, 0.717) is 19.3 Å². The number of carbonyl (C=O) groups is 2. The van der Waals surface area contributed by atoms with Crippen molar-refractivity contribution in [1.82, 2.24) is 20.2 Å². The van der Waals surface area contributed by atoms with E-state index in [4.69, 9.17) is 5.73 Å². The van der Waals surface area contributed by atoms with Gasteiger partial charge in [-0.15, -0.1) is 0 Å². The second kappa shape index (κ2) is 8.27. The second-order valence-electron chi connectivity index (χ2n) is 6.92. The number of aromatic nitrogens is 2. The van der Waals surface area contributed by atoms with Crippen molar-refractivity contribution in [2.45, 2.75) is 31.2 Å². The predicted octanol–water partition coefficient (Wildman–Crippen LogP) is 1.61. The van der Waals surface area contributed by atoms with Crippen LogP contribution in [0.3, 0.4) is 0 Å². The molecule has 1 atom stereocenters. The van der Waals surface area contributed by atoms with Crippen LogP contribution >= 0.6 is 0 Å². The number of unbranched alkanes of at least 4 members (excludes halogenated alkanes) is 1. The third kappa shape index (κ3) is 4.97. The number of benzene rings is 1. The first kappa shape index (κ1) is 20.9. The van der Waals surface area contributed by atoms with Crippen molar-refractivity contribution in [2.24, 2.45) is 5.73 Å². The summed E-state index contributed by atoms with van der Waals surface area (Å²) in [7, 11) is 0. The second-order valence-corrected chi connectivity index (χ2v) is 6.92. The van der Waals surface area contributed by atoms with Crippen molar-refractivity contribution in [1.29, 1.82) is 0 Å². The molecule has 29 heavy (non-hydrogen) atoms. The number of carbonyl (C=O) groups excluding carboxylic acids is 2. The Morgan fingerprint density at radius 1 is 1.17 bits per heavy atom. The number of fused-ring (bicyclic) bond motifs is 1. The summed E-state index contributed by atoms with van der Waals surface area (Å²) in [6.45, 7) is -0.934. The van der Waals surface area contributed by atoms with Crippen molar-refractivity contribution < 1.29 is 27.2 Å². The smallest absolute Gasteiger partial charge is 0.282 e. The Kier molecular flexibility index (Phi) is 5.96. The van der Waals surface area contributed by atoms with Gasteiger partial charge < -0.3 is 16.0 Å². The van der Waals surface area contributed by atoms with Crippen molar-refractivity contribution in [3.8, 4) is 0 Å². The summed E-state index contributed by atoms with van der Waals surface area (Å²) in [6.07, 6.45) is 2.47. The van der Waals surface area contributed by atoms with Crippen molar-refractivity contribution in [3.05, 3.63) is 35.7 Å². The summed E-state index contributed by atoms with van der Waals surface area (Å²) >= 11 is 0. The number of hydrogen-bond donors (Lipinski definition) is 2. The maximum Gasteiger partial charge on any atom is 0.282 e. The molecule has 1 fully saturated rings. The third-order valence-corrected chi connectivity index (χ3v) is 4.52. The molecule has 0 radical (unpaired) electrons. The standard InChI is InChI=1S/C18H19F4N5O2/c19-10-5-13-14(6-11(10)20)26-15(7-25-13)16(28)24-4-2-1-3-12(23)17(29)27-8-18(21,22)9-27/h5-7,12H,1-4,8-9,23H2,(H,24,28). The summed E-state index contributed by atoms with van der Waals surface area (Å²) in [4.78, 5) is 32.8. The zero-order chi connectivity index (χ0) is 21.2. The van der Waals surface area contributed by atoms with Crippen LogP contribution in [0.4, 0.5) is 17.6 Å². The Labute approximate surface area is 163 Å². The highest BCUT2D eigenvalue weighted by atomic mass is 19.3. The maximum atomic E-state index is 13.3. The van der Waals surface area contributed by atoms with E-state index < -0.39 is 48.5 Å². The Balaban J connectivity index is 1.41. The molecule has 7 nitrogen and oxygen atoms in total. The maximum absolute atomic E-state index is 13.3. The molecule has 1 aliphatic heterocycles. The summed E-state index contributed by atoms with van der Waals surface area (Å²) in [5.74, 6) is -6.01. The van der Waals surface area contributed by atoms with Gasteiger partial charge in [0.1, 0.15) is 5.69 Å². The third-order valence-electron chi connectivity index (χ3n) is 4.52. The topological polar surface area (TPSA) is 101 Å². The van der Waals surface area contributed by atoms with Crippen molar-refractivity contribution >= 4 is 22.8 Å². The number of likely N-dealkylation sites (tertiary alicyclic amines) is 1. The van der Waals surface area contributed by atoms with E-state index in [9.17, 15) is 27.2 Å². The first-order chi connectivity index (χ1) is 13.7. The molecule has 3 N–H and O–H groups in total. The Morgan fingerprint density at radius 3 is 2.48 bits per heavy atom. The van der Waals surface area contributed by atoms with Crippen LogP contribution < -0.4 is 11.1 Å². The first-order valence-electron chi connectivity index (χ1n) is 8.98. The van der Waals surface area contributed by atoms with Gasteiger partial charge in [-0.2, -0.15) is 0 Å². The molecule has 1 aliphatic rings. The van der Waals surface area contributed by atoms with Crippen LogP contribution in [0.15, 0.2) is 18.3 Å². The largest absolute Gasteiger partial charge is 0.351 e. The molecule has 156 valence electrons. The van der Waals surface area contributed by atoms with E-state index in [2.05, 4.69) is 15.3 Å². The summed E-state index contributed by atoms with van der Waals surface area (Å²) in [5.41, 5.74) is 5.86. The van der Waals surface area contributed by atoms with Gasteiger partial charge in [-0.05, 0) is 19.3 Å². The van der Waals surface area contributed by atoms with Gasteiger partial charge >= 0.3 is 0 Å². The normalized spacial score (nSPS) is 16.4. The summed E-state index contributed by atoms with van der Waals surface area (Å²) in [5, 5.41) is 2.60. The minimum Gasteiger partial charge on any atom is -0.351 e. The molecule has 2 heterocycles. The van der Waals surface area contributed by atoms with E-state index in [1.165, 1.54) is 0 Å². The fourth-order valence-electron chi connectivity index (χ4n) is 2.93. The van der Waals surface area contributed by atoms with E-state index >= 15 is 0 Å². The molecule has 0 spiro atoms. The SMILES string of the molecule is NC(CCCCNC(=O)c1cnc2cc(F)c(F)cc2n1)C(=O)N1CC(F)(F)C1. The molecular formula is C18H19F4N5O2. The van der Waals surface area contributed by atoms with E-state index in [1.54, 1.807) is 0 Å². The lowest BCUT2D eigenvalue weighted by atomic mass is 10.1. The molecule has 0 bridgehead atoms. The molecule has 1 unspecified atom stereocenters. The van der Waals surface area contributed by atoms with Gasteiger partial charge in [0, 0.05) is 18.7 Å². The Hall–Kier alpha value is -2.82. The van der Waals surface area contributed by atoms with Crippen molar-refractivity contribution in [2.75, 3.05) is 19.6 Å². The molecular weight excluding hydrogens is 394 g/mol. The highest BCUT2D eigenvalue weighted by Gasteiger charge is 2.47. The first-order valence-corrected chi connectivity index (χ1v) is 8.98. The monoisotopic (exact) mass is 413 g/mol. The van der Waals surface area contributed by atoms with Crippen LogP contribution in [-0.4, -0.2) is 58.3 Å². The zero-order valence-corrected chi connectivity index (χ0v) is 15.3. The number of halogens is 4. The average Bonchev–Trinajstić information content (AvgIpc) is 2.65. The molecule has 1 aromatic heterocycles. The number of amides is 2. The summed E-state index contributed by atoms with van der Waals surface area (Å²) in [6, 6.07) is 0.898. The Bertz CT molecular complexity index is 932. The van der Waals surface area contributed by atoms with E-state index in [0.717, 1.165) is 23.2 Å². The molecule has 1 aromatic carbocycles. The number of nitrogens with zero attached hydrogens (tertiary/aromatic N) is 3. The molecule has 11 heteroatoms. The molecule has 2 aromatic rings. The summed E-state index contributed by atoms with van der Waals surface area (Å²) < 4.78 is 52.0. The van der Waals surface area contributed by atoms with E-state index in [-0.39, 0.29) is 23.3 Å². The van der Waals surface area contributed by atoms with Crippen LogP contribution in [0.1, 0.15) is 29.8 Å². The van der Waals surface area contributed by atoms with Crippen LogP contribution in [0.5, 0.6) is 0 Å². The average molecular weight is 413 g/mol. The van der Waals surface area contributed by atoms with Gasteiger partial charge in [-0.3, -0.25) is 14.6 Å². The molecule has 1 saturated heterocycles. The van der Waals surface area contributed by atoms with Gasteiger partial charge in [-0.1, -0.05) is 0 Å². The van der Waals surface area contributed by atoms with E-state index in [1.807, 2.05) is 0 Å². The highest BCUT2D eigenvalue weighted by molar-refractivity contribution is 5.93. The van der Waals surface area contributed by atoms with Crippen LogP contribution in [-0.2, 0) is 4.79 Å². The predicted molar refractivity (Wildman–Crippen MR) is 95.1 cm³/mol. The number of nitrogens with one attached hydrogen (secondary N) is 1. The lowest BCUT2D eigenvalue weighted by molar-refractivity contribution is -0.167. The van der Waals surface area contributed by atoms with Gasteiger partial charge in [0.25, 0.3) is 11.8 Å². The highest BCUT2D eigenvalue weighted by Crippen LogP contribution is 2.27. The van der Waals surface area contributed by atoms with Crippen LogP contribution in [0, 0.1) is 11.6 Å². The van der Waals surface area contributed by atoms with Crippen LogP contribution in [0.25, 0.3) is 11.0 Å². The van der Waals surface area contributed by atoms with Crippen LogP contribution in [0.2, 0.25) is 0 Å². The minimum atomic E-state index is -2.83. The lowest BCUT2D eigenvalue weighted by Crippen LogP contribution is -2.61. The van der Waals surface area contributed by atoms with Gasteiger partial charge in [0.05, 0.1) is 36.4 Å². The molecule has 0 aliphatic carbocycles. The fourth-order valence-corrected chi connectivity index (χ4v) is 2.93. The number of nitrogens with two attached hydrogens (primary N) is 1.